The van der Waals surface area contributed by atoms with Crippen LogP contribution in [0, 0.1) is 19.8 Å². The van der Waals surface area contributed by atoms with E-state index < -0.39 is 48.2 Å². The van der Waals surface area contributed by atoms with E-state index in [0.29, 0.717) is 34.2 Å². The molecule has 226 valence electrons. The van der Waals surface area contributed by atoms with Crippen LogP contribution in [0.15, 0.2) is 36.4 Å². The number of phenols is 1. The topological polar surface area (TPSA) is 128 Å². The van der Waals surface area contributed by atoms with Gasteiger partial charge in [0, 0.05) is 11.6 Å². The molecule has 0 fully saturated rings. The second-order valence-electron chi connectivity index (χ2n) is 11.8. The smallest absolute Gasteiger partial charge is 0.408 e. The monoisotopic (exact) mass is 589 g/mol. The lowest BCUT2D eigenvalue weighted by Gasteiger charge is -2.39. The number of aromatic hydroxyl groups is 1. The van der Waals surface area contributed by atoms with Gasteiger partial charge < -0.3 is 30.5 Å². The van der Waals surface area contributed by atoms with Crippen LogP contribution in [0.1, 0.15) is 77.1 Å². The molecule has 0 saturated carbocycles. The van der Waals surface area contributed by atoms with E-state index in [9.17, 15) is 24.6 Å². The number of hydrogen-bond donors (Lipinski definition) is 4. The maximum absolute atomic E-state index is 14.2. The summed E-state index contributed by atoms with van der Waals surface area (Å²) in [6.07, 6.45) is 0.382. The second kappa shape index (κ2) is 14.5. The molecule has 2 aromatic carbocycles. The van der Waals surface area contributed by atoms with E-state index in [0.717, 1.165) is 6.42 Å². The lowest BCUT2D eigenvalue weighted by Crippen LogP contribution is -2.56. The van der Waals surface area contributed by atoms with Crippen LogP contribution in [0.25, 0.3) is 0 Å². The Morgan fingerprint density at radius 2 is 1.61 bits per heavy atom. The second-order valence-corrected chi connectivity index (χ2v) is 12.2. The van der Waals surface area contributed by atoms with Gasteiger partial charge in [0.2, 0.25) is 5.91 Å². The number of carbonyl (C=O) groups is 3. The quantitative estimate of drug-likeness (QED) is 0.259. The standard InChI is InChI=1S/C31H44ClN3O6/c1-18(2)15-16-21(5)35(29(39)24(17-36)33-30(40)41-31(6,7)8)26(22-13-9-12-20(4)27(22)37)28(38)34-25-19(3)11-10-14-23(25)32/h9-14,18,21,24,26,36-37H,15-17H2,1-8H3,(H,33,40)(H,34,38). The number of aryl methyl sites for hydroxylation is 2. The van der Waals surface area contributed by atoms with Crippen LogP contribution < -0.4 is 10.6 Å². The molecule has 9 nitrogen and oxygen atoms in total. The van der Waals surface area contributed by atoms with Crippen LogP contribution >= 0.6 is 11.6 Å². The number of hydrogen-bond acceptors (Lipinski definition) is 6. The highest BCUT2D eigenvalue weighted by Gasteiger charge is 2.40. The third-order valence-electron chi connectivity index (χ3n) is 6.62. The fourth-order valence-corrected chi connectivity index (χ4v) is 4.70. The summed E-state index contributed by atoms with van der Waals surface area (Å²) in [5.74, 6) is -1.14. The molecule has 10 heteroatoms. The van der Waals surface area contributed by atoms with E-state index >= 15 is 0 Å². The predicted octanol–water partition coefficient (Wildman–Crippen LogP) is 5.88. The first-order valence-corrected chi connectivity index (χ1v) is 14.2. The average Bonchev–Trinajstić information content (AvgIpc) is 2.87. The highest BCUT2D eigenvalue weighted by molar-refractivity contribution is 6.34. The molecular weight excluding hydrogens is 546 g/mol. The number of aliphatic hydroxyl groups excluding tert-OH is 1. The molecule has 0 aliphatic heterocycles. The maximum Gasteiger partial charge on any atom is 0.408 e. The van der Waals surface area contributed by atoms with Crippen molar-refractivity contribution in [1.29, 1.82) is 0 Å². The van der Waals surface area contributed by atoms with Gasteiger partial charge in [0.05, 0.1) is 17.3 Å². The highest BCUT2D eigenvalue weighted by Crippen LogP contribution is 2.36. The number of phenolic OH excluding ortho intramolecular Hbond substituents is 1. The van der Waals surface area contributed by atoms with E-state index in [4.69, 9.17) is 16.3 Å². The summed E-state index contributed by atoms with van der Waals surface area (Å²) >= 11 is 6.41. The van der Waals surface area contributed by atoms with Gasteiger partial charge in [0.1, 0.15) is 23.4 Å². The Bertz CT molecular complexity index is 1210. The van der Waals surface area contributed by atoms with Crippen molar-refractivity contribution in [2.24, 2.45) is 5.92 Å². The molecule has 41 heavy (non-hydrogen) atoms. The molecule has 0 heterocycles. The Balaban J connectivity index is 2.68. The van der Waals surface area contributed by atoms with E-state index in [-0.39, 0.29) is 11.3 Å². The van der Waals surface area contributed by atoms with Gasteiger partial charge in [-0.05, 0) is 77.5 Å². The molecule has 0 aliphatic carbocycles. The number of nitrogens with one attached hydrogen (secondary N) is 2. The van der Waals surface area contributed by atoms with Crippen molar-refractivity contribution in [2.75, 3.05) is 11.9 Å². The SMILES string of the molecule is Cc1cccc(C(C(=O)Nc2c(C)cccc2Cl)N(C(=O)C(CO)NC(=O)OC(C)(C)C)C(C)CCC(C)C)c1O. The van der Waals surface area contributed by atoms with Gasteiger partial charge in [0.15, 0.2) is 0 Å². The number of rotatable bonds is 11. The van der Waals surface area contributed by atoms with Crippen LogP contribution in [0.3, 0.4) is 0 Å². The highest BCUT2D eigenvalue weighted by atomic mass is 35.5. The van der Waals surface area contributed by atoms with Crippen molar-refractivity contribution in [3.8, 4) is 5.75 Å². The molecule has 3 amide bonds. The zero-order valence-electron chi connectivity index (χ0n) is 25.2. The largest absolute Gasteiger partial charge is 0.507 e. The minimum Gasteiger partial charge on any atom is -0.507 e. The Labute approximate surface area is 248 Å². The molecule has 3 atom stereocenters. The zero-order valence-corrected chi connectivity index (χ0v) is 26.0. The third kappa shape index (κ3) is 9.36. The van der Waals surface area contributed by atoms with Crippen LogP contribution in [-0.4, -0.2) is 57.3 Å². The van der Waals surface area contributed by atoms with Crippen LogP contribution in [-0.2, 0) is 14.3 Å². The van der Waals surface area contributed by atoms with E-state index in [1.807, 2.05) is 0 Å². The van der Waals surface area contributed by atoms with Crippen LogP contribution in [0.4, 0.5) is 10.5 Å². The summed E-state index contributed by atoms with van der Waals surface area (Å²) in [6, 6.07) is 6.90. The molecule has 0 radical (unpaired) electrons. The van der Waals surface area contributed by atoms with Crippen molar-refractivity contribution in [1.82, 2.24) is 10.2 Å². The van der Waals surface area contributed by atoms with Crippen LogP contribution in [0.5, 0.6) is 5.75 Å². The third-order valence-corrected chi connectivity index (χ3v) is 6.94. The Morgan fingerprint density at radius 1 is 1.00 bits per heavy atom. The Kier molecular flexibility index (Phi) is 12.0. The lowest BCUT2D eigenvalue weighted by molar-refractivity contribution is -0.144. The average molecular weight is 590 g/mol. The molecule has 0 bridgehead atoms. The fraction of sp³-hybridized carbons (Fsp3) is 0.516. The number of amides is 3. The summed E-state index contributed by atoms with van der Waals surface area (Å²) in [6.45, 7) is 13.7. The van der Waals surface area contributed by atoms with Gasteiger partial charge in [0.25, 0.3) is 5.91 Å². The van der Waals surface area contributed by atoms with Crippen molar-refractivity contribution in [2.45, 2.75) is 92.0 Å². The molecule has 4 N–H and O–H groups in total. The molecule has 3 unspecified atom stereocenters. The van der Waals surface area contributed by atoms with E-state index in [1.165, 1.54) is 4.90 Å². The first-order valence-electron chi connectivity index (χ1n) is 13.8. The number of aliphatic hydroxyl groups is 1. The lowest BCUT2D eigenvalue weighted by atomic mass is 9.95. The van der Waals surface area contributed by atoms with Crippen molar-refractivity contribution in [3.05, 3.63) is 58.1 Å². The van der Waals surface area contributed by atoms with Crippen molar-refractivity contribution < 1.29 is 29.3 Å². The molecule has 0 aromatic heterocycles. The first-order chi connectivity index (χ1) is 19.1. The summed E-state index contributed by atoms with van der Waals surface area (Å²) in [5.41, 5.74) is 0.973. The summed E-state index contributed by atoms with van der Waals surface area (Å²) in [7, 11) is 0. The minimum atomic E-state index is -1.41. The zero-order chi connectivity index (χ0) is 31.1. The molecule has 0 aliphatic rings. The van der Waals surface area contributed by atoms with Gasteiger partial charge in [-0.3, -0.25) is 9.59 Å². The number of anilines is 1. The molecule has 0 spiro atoms. The summed E-state index contributed by atoms with van der Waals surface area (Å²) < 4.78 is 5.31. The first kappa shape index (κ1) is 33.9. The number of halogens is 1. The fourth-order valence-electron chi connectivity index (χ4n) is 4.43. The number of alkyl carbamates (subject to hydrolysis) is 1. The summed E-state index contributed by atoms with van der Waals surface area (Å²) in [5, 5.41) is 26.9. The van der Waals surface area contributed by atoms with Gasteiger partial charge in [-0.15, -0.1) is 0 Å². The number of carbonyl (C=O) groups excluding carboxylic acids is 3. The molecule has 2 aromatic rings. The van der Waals surface area contributed by atoms with E-state index in [2.05, 4.69) is 24.5 Å². The van der Waals surface area contributed by atoms with Gasteiger partial charge in [-0.1, -0.05) is 55.8 Å². The van der Waals surface area contributed by atoms with Crippen molar-refractivity contribution >= 4 is 35.2 Å². The van der Waals surface area contributed by atoms with Gasteiger partial charge in [-0.25, -0.2) is 4.79 Å². The van der Waals surface area contributed by atoms with Gasteiger partial charge in [-0.2, -0.15) is 0 Å². The minimum absolute atomic E-state index is 0.141. The van der Waals surface area contributed by atoms with Crippen molar-refractivity contribution in [3.63, 3.8) is 0 Å². The number of para-hydroxylation sites is 2. The number of benzene rings is 2. The Morgan fingerprint density at radius 3 is 2.17 bits per heavy atom. The van der Waals surface area contributed by atoms with Gasteiger partial charge >= 0.3 is 6.09 Å². The predicted molar refractivity (Wildman–Crippen MR) is 161 cm³/mol. The normalized spacial score (nSPS) is 13.7. The molecule has 2 rings (SSSR count). The molecule has 0 saturated heterocycles. The Hall–Kier alpha value is -3.30. The van der Waals surface area contributed by atoms with E-state index in [1.54, 1.807) is 77.9 Å². The number of ether oxygens (including phenoxy) is 1. The van der Waals surface area contributed by atoms with Crippen LogP contribution in [0.2, 0.25) is 5.02 Å². The maximum atomic E-state index is 14.2. The molecular formula is C31H44ClN3O6. The number of nitrogens with zero attached hydrogens (tertiary/aromatic N) is 1. The summed E-state index contributed by atoms with van der Waals surface area (Å²) in [4.78, 5) is 42.2.